The third-order valence-electron chi connectivity index (χ3n) is 3.02. The average molecular weight is 269 g/mol. The molecular weight excluding hydrogens is 248 g/mol. The van der Waals surface area contributed by atoms with Gasteiger partial charge in [-0.05, 0) is 30.0 Å². The first-order chi connectivity index (χ1) is 8.45. The Morgan fingerprint density at radius 3 is 2.33 bits per heavy atom. The summed E-state index contributed by atoms with van der Waals surface area (Å²) in [6.07, 6.45) is 0.818. The first-order valence-electron chi connectivity index (χ1n) is 6.27. The summed E-state index contributed by atoms with van der Waals surface area (Å²) in [7, 11) is 0. The van der Waals surface area contributed by atoms with Gasteiger partial charge in [-0.2, -0.15) is 0 Å². The molecule has 1 aromatic carbocycles. The minimum absolute atomic E-state index is 0.0143. The SMILES string of the molecule is CCC(NC(=O)[C@H](N)C(C)C)c1ccc(Cl)cc1. The zero-order valence-electron chi connectivity index (χ0n) is 11.1. The molecule has 3 N–H and O–H groups in total. The fraction of sp³-hybridized carbons (Fsp3) is 0.500. The van der Waals surface area contributed by atoms with Gasteiger partial charge in [-0.15, -0.1) is 0 Å². The quantitative estimate of drug-likeness (QED) is 0.863. The lowest BCUT2D eigenvalue weighted by atomic mass is 10.0. The summed E-state index contributed by atoms with van der Waals surface area (Å²) in [6.45, 7) is 5.90. The summed E-state index contributed by atoms with van der Waals surface area (Å²) in [5.41, 5.74) is 6.88. The first kappa shape index (κ1) is 15.0. The first-order valence-corrected chi connectivity index (χ1v) is 6.65. The minimum Gasteiger partial charge on any atom is -0.348 e. The maximum atomic E-state index is 11.9. The van der Waals surface area contributed by atoms with Gasteiger partial charge in [-0.3, -0.25) is 4.79 Å². The Bertz CT molecular complexity index is 389. The second kappa shape index (κ2) is 6.76. The van der Waals surface area contributed by atoms with Gasteiger partial charge in [-0.1, -0.05) is 44.5 Å². The number of hydrogen-bond acceptors (Lipinski definition) is 2. The smallest absolute Gasteiger partial charge is 0.237 e. The van der Waals surface area contributed by atoms with Crippen molar-refractivity contribution in [3.05, 3.63) is 34.9 Å². The van der Waals surface area contributed by atoms with Gasteiger partial charge in [0.05, 0.1) is 12.1 Å². The Labute approximate surface area is 114 Å². The Morgan fingerprint density at radius 2 is 1.89 bits per heavy atom. The molecule has 1 unspecified atom stereocenters. The number of carbonyl (C=O) groups is 1. The molecule has 0 aromatic heterocycles. The summed E-state index contributed by atoms with van der Waals surface area (Å²) < 4.78 is 0. The lowest BCUT2D eigenvalue weighted by Gasteiger charge is -2.22. The van der Waals surface area contributed by atoms with Crippen LogP contribution >= 0.6 is 11.6 Å². The van der Waals surface area contributed by atoms with Crippen LogP contribution < -0.4 is 11.1 Å². The molecule has 1 aromatic rings. The maximum absolute atomic E-state index is 11.9. The van der Waals surface area contributed by atoms with E-state index >= 15 is 0 Å². The molecule has 0 radical (unpaired) electrons. The van der Waals surface area contributed by atoms with Crippen LogP contribution in [0.3, 0.4) is 0 Å². The standard InChI is InChI=1S/C14H21ClN2O/c1-4-12(10-5-7-11(15)8-6-10)17-14(18)13(16)9(2)3/h5-9,12-13H,4,16H2,1-3H3,(H,17,18)/t12?,13-/m1/s1. The monoisotopic (exact) mass is 268 g/mol. The van der Waals surface area contributed by atoms with Gasteiger partial charge in [-0.25, -0.2) is 0 Å². The van der Waals surface area contributed by atoms with Gasteiger partial charge in [0, 0.05) is 5.02 Å². The summed E-state index contributed by atoms with van der Waals surface area (Å²) in [4.78, 5) is 11.9. The number of rotatable bonds is 5. The van der Waals surface area contributed by atoms with E-state index in [0.29, 0.717) is 5.02 Å². The van der Waals surface area contributed by atoms with Gasteiger partial charge >= 0.3 is 0 Å². The highest BCUT2D eigenvalue weighted by Crippen LogP contribution is 2.19. The van der Waals surface area contributed by atoms with Crippen LogP contribution in [0.15, 0.2) is 24.3 Å². The highest BCUT2D eigenvalue weighted by molar-refractivity contribution is 6.30. The van der Waals surface area contributed by atoms with E-state index in [9.17, 15) is 4.79 Å². The Kier molecular flexibility index (Phi) is 5.63. The van der Waals surface area contributed by atoms with Crippen LogP contribution in [0.2, 0.25) is 5.02 Å². The maximum Gasteiger partial charge on any atom is 0.237 e. The molecule has 0 bridgehead atoms. The molecule has 0 spiro atoms. The lowest BCUT2D eigenvalue weighted by molar-refractivity contribution is -0.124. The Hall–Kier alpha value is -1.06. The summed E-state index contributed by atoms with van der Waals surface area (Å²) in [6, 6.07) is 7.03. The summed E-state index contributed by atoms with van der Waals surface area (Å²) in [5.74, 6) is 0.0273. The van der Waals surface area contributed by atoms with Crippen LogP contribution in [0.25, 0.3) is 0 Å². The topological polar surface area (TPSA) is 55.1 Å². The zero-order chi connectivity index (χ0) is 13.7. The van der Waals surface area contributed by atoms with Gasteiger partial charge < -0.3 is 11.1 Å². The lowest BCUT2D eigenvalue weighted by Crippen LogP contribution is -2.45. The normalized spacial score (nSPS) is 14.3. The molecule has 0 aliphatic carbocycles. The highest BCUT2D eigenvalue weighted by atomic mass is 35.5. The molecule has 100 valence electrons. The predicted molar refractivity (Wildman–Crippen MR) is 75.4 cm³/mol. The molecule has 1 rings (SSSR count). The van der Waals surface area contributed by atoms with Crippen molar-refractivity contribution in [2.45, 2.75) is 39.3 Å². The zero-order valence-corrected chi connectivity index (χ0v) is 11.9. The third-order valence-corrected chi connectivity index (χ3v) is 3.27. The molecule has 0 aliphatic rings. The van der Waals surface area contributed by atoms with Crippen LogP contribution in [0, 0.1) is 5.92 Å². The van der Waals surface area contributed by atoms with E-state index in [1.54, 1.807) is 0 Å². The van der Waals surface area contributed by atoms with Gasteiger partial charge in [0.15, 0.2) is 0 Å². The second-order valence-electron chi connectivity index (χ2n) is 4.79. The van der Waals surface area contributed by atoms with Crippen molar-refractivity contribution in [2.24, 2.45) is 11.7 Å². The molecule has 1 amide bonds. The van der Waals surface area contributed by atoms with Gasteiger partial charge in [0.1, 0.15) is 0 Å². The molecule has 4 heteroatoms. The highest BCUT2D eigenvalue weighted by Gasteiger charge is 2.20. The number of nitrogens with two attached hydrogens (primary N) is 1. The molecule has 0 saturated heterocycles. The average Bonchev–Trinajstić information content (AvgIpc) is 2.35. The molecule has 0 heterocycles. The number of halogens is 1. The number of nitrogens with one attached hydrogen (secondary N) is 1. The Balaban J connectivity index is 2.73. The molecular formula is C14H21ClN2O. The number of amides is 1. The van der Waals surface area contributed by atoms with E-state index in [1.165, 1.54) is 0 Å². The van der Waals surface area contributed by atoms with E-state index in [1.807, 2.05) is 45.0 Å². The molecule has 18 heavy (non-hydrogen) atoms. The van der Waals surface area contributed by atoms with Crippen molar-refractivity contribution in [2.75, 3.05) is 0 Å². The third kappa shape index (κ3) is 4.00. The fourth-order valence-electron chi connectivity index (χ4n) is 1.69. The van der Waals surface area contributed by atoms with Crippen molar-refractivity contribution in [1.82, 2.24) is 5.32 Å². The molecule has 2 atom stereocenters. The molecule has 0 saturated carbocycles. The van der Waals surface area contributed by atoms with Crippen LogP contribution in [-0.4, -0.2) is 11.9 Å². The van der Waals surface area contributed by atoms with E-state index in [0.717, 1.165) is 12.0 Å². The second-order valence-corrected chi connectivity index (χ2v) is 5.23. The van der Waals surface area contributed by atoms with E-state index in [2.05, 4.69) is 5.32 Å². The van der Waals surface area contributed by atoms with Gasteiger partial charge in [0.2, 0.25) is 5.91 Å². The minimum atomic E-state index is -0.466. The largest absolute Gasteiger partial charge is 0.348 e. The van der Waals surface area contributed by atoms with Crippen LogP contribution in [0.4, 0.5) is 0 Å². The van der Waals surface area contributed by atoms with E-state index < -0.39 is 6.04 Å². The number of benzene rings is 1. The van der Waals surface area contributed by atoms with Crippen molar-refractivity contribution >= 4 is 17.5 Å². The van der Waals surface area contributed by atoms with Crippen LogP contribution in [-0.2, 0) is 4.79 Å². The van der Waals surface area contributed by atoms with E-state index in [4.69, 9.17) is 17.3 Å². The Morgan fingerprint density at radius 1 is 1.33 bits per heavy atom. The number of hydrogen-bond donors (Lipinski definition) is 2. The van der Waals surface area contributed by atoms with Crippen molar-refractivity contribution in [3.63, 3.8) is 0 Å². The van der Waals surface area contributed by atoms with Crippen molar-refractivity contribution in [3.8, 4) is 0 Å². The van der Waals surface area contributed by atoms with E-state index in [-0.39, 0.29) is 17.9 Å². The summed E-state index contributed by atoms with van der Waals surface area (Å²) >= 11 is 5.85. The number of carbonyl (C=O) groups excluding carboxylic acids is 1. The molecule has 0 fully saturated rings. The predicted octanol–water partition coefficient (Wildman–Crippen LogP) is 2.89. The van der Waals surface area contributed by atoms with Crippen molar-refractivity contribution in [1.29, 1.82) is 0 Å². The van der Waals surface area contributed by atoms with Gasteiger partial charge in [0.25, 0.3) is 0 Å². The fourth-order valence-corrected chi connectivity index (χ4v) is 1.81. The van der Waals surface area contributed by atoms with Crippen LogP contribution in [0.5, 0.6) is 0 Å². The van der Waals surface area contributed by atoms with Crippen molar-refractivity contribution < 1.29 is 4.79 Å². The summed E-state index contributed by atoms with van der Waals surface area (Å²) in [5, 5.41) is 3.67. The van der Waals surface area contributed by atoms with Crippen LogP contribution in [0.1, 0.15) is 38.8 Å². The molecule has 0 aliphatic heterocycles. The molecule has 3 nitrogen and oxygen atoms in total.